The van der Waals surface area contributed by atoms with E-state index in [-0.39, 0.29) is 11.7 Å². The third-order valence-electron chi connectivity index (χ3n) is 3.98. The predicted octanol–water partition coefficient (Wildman–Crippen LogP) is 1.06. The molecule has 0 fully saturated rings. The van der Waals surface area contributed by atoms with Gasteiger partial charge in [0.1, 0.15) is 11.6 Å². The highest BCUT2D eigenvalue weighted by molar-refractivity contribution is 6.02. The van der Waals surface area contributed by atoms with Gasteiger partial charge in [-0.25, -0.2) is 19.6 Å². The Morgan fingerprint density at radius 2 is 1.96 bits per heavy atom. The van der Waals surface area contributed by atoms with Gasteiger partial charge >= 0.3 is 0 Å². The number of nitrogens with two attached hydrogens (primary N) is 3. The summed E-state index contributed by atoms with van der Waals surface area (Å²) in [4.78, 5) is 6.19. The van der Waals surface area contributed by atoms with Crippen molar-refractivity contribution in [3.8, 4) is 11.1 Å². The van der Waals surface area contributed by atoms with E-state index in [1.165, 1.54) is 0 Å². The molecule has 9 nitrogen and oxygen atoms in total. The number of nitrogen functional groups attached to an aromatic ring is 1. The number of likely N-dealkylation sites (N-methyl/N-ethyl adjacent to an activating group) is 1. The lowest BCUT2D eigenvalue weighted by Crippen LogP contribution is -2.40. The van der Waals surface area contributed by atoms with Gasteiger partial charge < -0.3 is 16.5 Å². The van der Waals surface area contributed by atoms with Crippen LogP contribution in [0, 0.1) is 0 Å². The van der Waals surface area contributed by atoms with Gasteiger partial charge in [0.05, 0.1) is 24.8 Å². The molecule has 0 saturated heterocycles. The first-order valence-electron chi connectivity index (χ1n) is 8.47. The number of aromatic nitrogens is 3. The van der Waals surface area contributed by atoms with Crippen LogP contribution < -0.4 is 17.4 Å². The Bertz CT molecular complexity index is 869. The monoisotopic (exact) mass is 393 g/mol. The summed E-state index contributed by atoms with van der Waals surface area (Å²) < 4.78 is 28.4. The molecular weight excluding hydrogens is 368 g/mol. The van der Waals surface area contributed by atoms with Crippen LogP contribution in [0.3, 0.4) is 0 Å². The molecule has 0 bridgehead atoms. The smallest absolute Gasteiger partial charge is 0.173 e. The predicted molar refractivity (Wildman–Crippen MR) is 105 cm³/mol. The third-order valence-corrected chi connectivity index (χ3v) is 3.98. The Morgan fingerprint density at radius 1 is 1.25 bits per heavy atom. The quantitative estimate of drug-likeness (QED) is 0.278. The SMILES string of the molecule is C/C(F)=C(/F)CN(N)/C(=N\N)c1cc(-c2cnn(CCN(C)C)c2)cnc1N. The van der Waals surface area contributed by atoms with Crippen LogP contribution in [0.15, 0.2) is 41.4 Å². The van der Waals surface area contributed by atoms with E-state index in [0.717, 1.165) is 30.6 Å². The van der Waals surface area contributed by atoms with Gasteiger partial charge in [-0.05, 0) is 27.1 Å². The molecule has 0 radical (unpaired) electrons. The first-order valence-corrected chi connectivity index (χ1v) is 8.47. The molecule has 2 aromatic heterocycles. The Labute approximate surface area is 162 Å². The lowest BCUT2D eigenvalue weighted by atomic mass is 10.1. The molecule has 0 aliphatic rings. The molecule has 0 unspecified atom stereocenters. The molecule has 0 saturated carbocycles. The average Bonchev–Trinajstić information content (AvgIpc) is 3.11. The Hall–Kier alpha value is -3.05. The Balaban J connectivity index is 2.30. The molecule has 0 amide bonds. The second kappa shape index (κ2) is 9.24. The first kappa shape index (κ1) is 21.3. The van der Waals surface area contributed by atoms with Crippen molar-refractivity contribution in [2.75, 3.05) is 32.9 Å². The highest BCUT2D eigenvalue weighted by atomic mass is 19.2. The standard InChI is InChI=1S/C17H25F2N9/c1-11(18)15(19)10-28(22)17(25-21)14-6-12(7-23-16(14)20)13-8-24-27(9-13)5-4-26(2)3/h6-9H,4-5,10,21-22H2,1-3H3,(H2,20,23)/b15-11-,25-17-. The largest absolute Gasteiger partial charge is 0.383 e. The van der Waals surface area contributed by atoms with Crippen molar-refractivity contribution in [3.63, 3.8) is 0 Å². The van der Waals surface area contributed by atoms with Crippen LogP contribution in [0.4, 0.5) is 14.6 Å². The van der Waals surface area contributed by atoms with Gasteiger partial charge in [0.2, 0.25) is 0 Å². The van der Waals surface area contributed by atoms with E-state index in [9.17, 15) is 8.78 Å². The van der Waals surface area contributed by atoms with Crippen LogP contribution in [-0.4, -0.2) is 57.7 Å². The number of nitrogens with zero attached hydrogens (tertiary/aromatic N) is 6. The number of allylic oxidation sites excluding steroid dienone is 1. The van der Waals surface area contributed by atoms with Gasteiger partial charge in [-0.3, -0.25) is 9.69 Å². The molecule has 2 aromatic rings. The topological polar surface area (TPSA) is 128 Å². The van der Waals surface area contributed by atoms with Gasteiger partial charge in [0.25, 0.3) is 0 Å². The van der Waals surface area contributed by atoms with E-state index in [0.29, 0.717) is 11.1 Å². The zero-order chi connectivity index (χ0) is 20.8. The Morgan fingerprint density at radius 3 is 2.57 bits per heavy atom. The van der Waals surface area contributed by atoms with Crippen molar-refractivity contribution in [1.29, 1.82) is 0 Å². The number of rotatable bonds is 7. The molecule has 0 aliphatic heterocycles. The van der Waals surface area contributed by atoms with E-state index >= 15 is 0 Å². The van der Waals surface area contributed by atoms with E-state index < -0.39 is 18.2 Å². The zero-order valence-electron chi connectivity index (χ0n) is 16.1. The number of anilines is 1. The van der Waals surface area contributed by atoms with Crippen molar-refractivity contribution in [1.82, 2.24) is 24.7 Å². The summed E-state index contributed by atoms with van der Waals surface area (Å²) in [6, 6.07) is 1.67. The minimum atomic E-state index is -1.03. The summed E-state index contributed by atoms with van der Waals surface area (Å²) >= 11 is 0. The Kier molecular flexibility index (Phi) is 7.01. The van der Waals surface area contributed by atoms with E-state index in [1.807, 2.05) is 25.0 Å². The molecule has 2 rings (SSSR count). The average molecular weight is 393 g/mol. The lowest BCUT2D eigenvalue weighted by molar-refractivity contribution is 0.373. The summed E-state index contributed by atoms with van der Waals surface area (Å²) in [5.41, 5.74) is 7.73. The normalized spacial score (nSPS) is 13.0. The van der Waals surface area contributed by atoms with E-state index in [2.05, 4.69) is 20.1 Å². The number of hydrogen-bond donors (Lipinski definition) is 3. The summed E-state index contributed by atoms with van der Waals surface area (Å²) in [6.45, 7) is 2.01. The molecular formula is C17H25F2N9. The van der Waals surface area contributed by atoms with E-state index in [4.69, 9.17) is 17.4 Å². The van der Waals surface area contributed by atoms with Crippen LogP contribution in [0.2, 0.25) is 0 Å². The summed E-state index contributed by atoms with van der Waals surface area (Å²) in [5.74, 6) is 9.29. The summed E-state index contributed by atoms with van der Waals surface area (Å²) in [7, 11) is 3.96. The maximum Gasteiger partial charge on any atom is 0.173 e. The first-order chi connectivity index (χ1) is 13.2. The van der Waals surface area contributed by atoms with E-state index in [1.54, 1.807) is 18.5 Å². The van der Waals surface area contributed by atoms with Crippen molar-refractivity contribution in [2.24, 2.45) is 16.8 Å². The van der Waals surface area contributed by atoms with Crippen molar-refractivity contribution < 1.29 is 8.78 Å². The lowest BCUT2D eigenvalue weighted by Gasteiger charge is -2.20. The molecule has 6 N–H and O–H groups in total. The molecule has 0 aromatic carbocycles. The van der Waals surface area contributed by atoms with Crippen LogP contribution in [0.5, 0.6) is 0 Å². The molecule has 0 aliphatic carbocycles. The fourth-order valence-electron chi connectivity index (χ4n) is 2.38. The zero-order valence-corrected chi connectivity index (χ0v) is 16.1. The van der Waals surface area contributed by atoms with Crippen LogP contribution in [0.25, 0.3) is 11.1 Å². The maximum atomic E-state index is 13.6. The number of halogens is 2. The second-order valence-electron chi connectivity index (χ2n) is 6.47. The minimum Gasteiger partial charge on any atom is -0.383 e. The minimum absolute atomic E-state index is 0.0248. The van der Waals surface area contributed by atoms with Gasteiger partial charge in [0.15, 0.2) is 11.7 Å². The molecule has 11 heteroatoms. The number of hydrazine groups is 1. The van der Waals surface area contributed by atoms with Crippen molar-refractivity contribution >= 4 is 11.7 Å². The van der Waals surface area contributed by atoms with Crippen molar-refractivity contribution in [3.05, 3.63) is 41.9 Å². The number of pyridine rings is 1. The number of amidine groups is 1. The van der Waals surface area contributed by atoms with Crippen LogP contribution >= 0.6 is 0 Å². The van der Waals surface area contributed by atoms with Gasteiger partial charge in [-0.2, -0.15) is 10.2 Å². The van der Waals surface area contributed by atoms with Gasteiger partial charge in [-0.1, -0.05) is 0 Å². The summed E-state index contributed by atoms with van der Waals surface area (Å²) in [6.07, 6.45) is 5.14. The van der Waals surface area contributed by atoms with Gasteiger partial charge in [-0.15, -0.1) is 0 Å². The van der Waals surface area contributed by atoms with Crippen LogP contribution in [0.1, 0.15) is 12.5 Å². The number of hydrogen-bond acceptors (Lipinski definition) is 7. The molecule has 0 atom stereocenters. The number of hydrazone groups is 1. The fourth-order valence-corrected chi connectivity index (χ4v) is 2.38. The molecule has 2 heterocycles. The van der Waals surface area contributed by atoms with Crippen molar-refractivity contribution in [2.45, 2.75) is 13.5 Å². The second-order valence-corrected chi connectivity index (χ2v) is 6.47. The van der Waals surface area contributed by atoms with Gasteiger partial charge in [0, 0.05) is 30.1 Å². The molecule has 152 valence electrons. The molecule has 28 heavy (non-hydrogen) atoms. The summed E-state index contributed by atoms with van der Waals surface area (Å²) in [5, 5.41) is 8.77. The third kappa shape index (κ3) is 5.24. The fraction of sp³-hybridized carbons (Fsp3) is 0.353. The highest BCUT2D eigenvalue weighted by Gasteiger charge is 2.18. The molecule has 0 spiro atoms. The van der Waals surface area contributed by atoms with Crippen LogP contribution in [-0.2, 0) is 6.54 Å². The highest BCUT2D eigenvalue weighted by Crippen LogP contribution is 2.23. The maximum absolute atomic E-state index is 13.6.